The minimum absolute atomic E-state index is 0.0649. The molecule has 2 heterocycles. The van der Waals surface area contributed by atoms with Crippen LogP contribution in [0.4, 0.5) is 5.82 Å². The fourth-order valence-electron chi connectivity index (χ4n) is 3.12. The van der Waals surface area contributed by atoms with Crippen molar-refractivity contribution < 1.29 is 38.3 Å². The van der Waals surface area contributed by atoms with Crippen molar-refractivity contribution in [3.05, 3.63) is 47.0 Å². The van der Waals surface area contributed by atoms with E-state index in [1.54, 1.807) is 18.2 Å². The fraction of sp³-hybridized carbons (Fsp3) is 0.400. The van der Waals surface area contributed by atoms with Crippen LogP contribution in [0.1, 0.15) is 26.5 Å². The number of nitrogens with two attached hydrogens (primary N) is 1. The molecule has 5 atom stereocenters. The zero-order chi connectivity index (χ0) is 24.8. The van der Waals surface area contributed by atoms with Gasteiger partial charge in [0.2, 0.25) is 5.75 Å². The topological polar surface area (TPSA) is 188 Å². The second kappa shape index (κ2) is 11.1. The third-order valence-electron chi connectivity index (χ3n) is 4.71. The second-order valence-corrected chi connectivity index (χ2v) is 8.16. The van der Waals surface area contributed by atoms with Crippen LogP contribution in [0.15, 0.2) is 46.1 Å². The average Bonchev–Trinajstić information content (AvgIpc) is 3.14. The molecule has 1 aliphatic heterocycles. The molecular formula is C20H23N4O9P. The van der Waals surface area contributed by atoms with Gasteiger partial charge in [-0.15, -0.1) is 0 Å². The molecule has 3 rings (SSSR count). The number of carboxylic acids is 1. The molecule has 0 aliphatic carbocycles. The molecule has 0 saturated carbocycles. The van der Waals surface area contributed by atoms with Gasteiger partial charge in [-0.1, -0.05) is 16.9 Å². The molecule has 1 aliphatic rings. The first-order valence-corrected chi connectivity index (χ1v) is 11.2. The summed E-state index contributed by atoms with van der Waals surface area (Å²) in [4.78, 5) is 50.4. The van der Waals surface area contributed by atoms with Crippen LogP contribution in [0.2, 0.25) is 0 Å². The lowest BCUT2D eigenvalue weighted by Gasteiger charge is -2.19. The fourth-order valence-corrected chi connectivity index (χ4v) is 3.87. The van der Waals surface area contributed by atoms with E-state index < -0.39 is 50.3 Å². The van der Waals surface area contributed by atoms with Gasteiger partial charge in [0.1, 0.15) is 30.9 Å². The number of para-hydroxylation sites is 2. The summed E-state index contributed by atoms with van der Waals surface area (Å²) in [5.41, 5.74) is 4.91. The van der Waals surface area contributed by atoms with Crippen molar-refractivity contribution in [2.75, 3.05) is 12.3 Å². The molecule has 14 heteroatoms. The lowest BCUT2D eigenvalue weighted by atomic mass is 10.2. The lowest BCUT2D eigenvalue weighted by molar-refractivity contribution is -0.169. The number of carbonyl (C=O) groups excluding carboxylic acids is 1. The maximum atomic E-state index is 12.2. The zero-order valence-electron chi connectivity index (χ0n) is 18.3. The van der Waals surface area contributed by atoms with Gasteiger partial charge in [-0.05, 0) is 25.1 Å². The highest BCUT2D eigenvalue weighted by molar-refractivity contribution is 7.34. The van der Waals surface area contributed by atoms with Crippen LogP contribution in [0.5, 0.6) is 11.5 Å². The summed E-state index contributed by atoms with van der Waals surface area (Å²) in [6.45, 7) is 2.42. The number of hydrogen-bond donors (Lipinski definition) is 2. The number of carboxylic acid groups (broad SMARTS) is 1. The summed E-state index contributed by atoms with van der Waals surface area (Å²) in [5, 5.41) is 8.90. The maximum Gasteiger partial charge on any atom is 0.395 e. The molecule has 0 spiro atoms. The Morgan fingerprint density at radius 3 is 2.74 bits per heavy atom. The molecule has 1 fully saturated rings. The normalized spacial score (nSPS) is 21.0. The van der Waals surface area contributed by atoms with Gasteiger partial charge in [-0.3, -0.25) is 13.9 Å². The Labute approximate surface area is 194 Å². The van der Waals surface area contributed by atoms with E-state index in [4.69, 9.17) is 29.6 Å². The molecule has 3 N–H and O–H groups in total. The lowest BCUT2D eigenvalue weighted by Crippen LogP contribution is -2.32. The average molecular weight is 494 g/mol. The quantitative estimate of drug-likeness (QED) is 0.371. The van der Waals surface area contributed by atoms with Gasteiger partial charge in [0, 0.05) is 19.5 Å². The van der Waals surface area contributed by atoms with Crippen LogP contribution in [0.25, 0.3) is 0 Å². The van der Waals surface area contributed by atoms with E-state index in [2.05, 4.69) is 9.73 Å². The van der Waals surface area contributed by atoms with Crippen LogP contribution in [0.3, 0.4) is 0 Å². The number of esters is 1. The first-order valence-electron chi connectivity index (χ1n) is 10.1. The number of aromatic nitrogens is 2. The van der Waals surface area contributed by atoms with Gasteiger partial charge >= 0.3 is 25.8 Å². The molecule has 1 aromatic carbocycles. The number of nitrogens with zero attached hydrogens (tertiary/aromatic N) is 3. The summed E-state index contributed by atoms with van der Waals surface area (Å²) in [6.07, 6.45) is -0.629. The predicted molar refractivity (Wildman–Crippen MR) is 116 cm³/mol. The van der Waals surface area contributed by atoms with E-state index >= 15 is 0 Å². The zero-order valence-corrected chi connectivity index (χ0v) is 19.2. The summed E-state index contributed by atoms with van der Waals surface area (Å²) in [7, 11) is -2.67. The van der Waals surface area contributed by atoms with Crippen molar-refractivity contribution in [2.24, 2.45) is 4.74 Å². The Morgan fingerprint density at radius 2 is 2.09 bits per heavy atom. The Balaban J connectivity index is 1.73. The molecule has 0 amide bonds. The molecule has 34 heavy (non-hydrogen) atoms. The van der Waals surface area contributed by atoms with Crippen molar-refractivity contribution in [3.63, 3.8) is 0 Å². The highest BCUT2D eigenvalue weighted by Gasteiger charge is 2.39. The van der Waals surface area contributed by atoms with E-state index in [0.29, 0.717) is 0 Å². The van der Waals surface area contributed by atoms with Gasteiger partial charge in [0.05, 0.1) is 0 Å². The third-order valence-corrected chi connectivity index (χ3v) is 5.60. The molecule has 0 bridgehead atoms. The van der Waals surface area contributed by atoms with Crippen LogP contribution >= 0.6 is 8.17 Å². The Morgan fingerprint density at radius 1 is 1.38 bits per heavy atom. The molecule has 2 aromatic rings. The first-order chi connectivity index (χ1) is 16.1. The summed E-state index contributed by atoms with van der Waals surface area (Å²) < 4.78 is 27.0. The SMILES string of the molecule is CC(=O)O[C@H]1C[C@H](n2ccc(N)nc2=O)O[C@@H]1COc1ccccc1O/[P+]([O-])=N/C(C)C(=O)O. The minimum Gasteiger partial charge on any atom is -0.575 e. The monoisotopic (exact) mass is 494 g/mol. The molecule has 1 aromatic heterocycles. The molecular weight excluding hydrogens is 471 g/mol. The Kier molecular flexibility index (Phi) is 8.16. The van der Waals surface area contributed by atoms with Crippen molar-refractivity contribution in [2.45, 2.75) is 44.7 Å². The van der Waals surface area contributed by atoms with Gasteiger partial charge in [-0.2, -0.15) is 4.98 Å². The number of anilines is 1. The van der Waals surface area contributed by atoms with Gasteiger partial charge < -0.3 is 29.9 Å². The molecule has 13 nitrogen and oxygen atoms in total. The summed E-state index contributed by atoms with van der Waals surface area (Å²) in [5.74, 6) is -1.45. The van der Waals surface area contributed by atoms with Gasteiger partial charge in [0.25, 0.3) is 0 Å². The van der Waals surface area contributed by atoms with Crippen LogP contribution in [-0.2, 0) is 19.1 Å². The predicted octanol–water partition coefficient (Wildman–Crippen LogP) is 0.831. The summed E-state index contributed by atoms with van der Waals surface area (Å²) in [6, 6.07) is 6.51. The largest absolute Gasteiger partial charge is 0.575 e. The number of benzene rings is 1. The first kappa shape index (κ1) is 25.1. The standard InChI is InChI=1S/C20H23N4O9P/c1-11(19(26)27)23-34(29)33-14-6-4-3-5-13(14)30-10-16-15(31-12(2)25)9-18(32-16)24-8-7-17(21)22-20(24)28/h3-8,11,15-16,18H,9-10H2,1-2H3,(H,26,27)(H2,21,22,28)/t11?,15-,16+,18+/m0/s1. The van der Waals surface area contributed by atoms with Crippen molar-refractivity contribution in [1.82, 2.24) is 9.55 Å². The maximum absolute atomic E-state index is 12.2. The van der Waals surface area contributed by atoms with E-state index in [-0.39, 0.29) is 30.3 Å². The van der Waals surface area contributed by atoms with Crippen LogP contribution in [0, 0.1) is 0 Å². The van der Waals surface area contributed by atoms with Crippen molar-refractivity contribution >= 4 is 25.9 Å². The van der Waals surface area contributed by atoms with E-state index in [1.165, 1.54) is 36.7 Å². The second-order valence-electron chi connectivity index (χ2n) is 7.27. The number of carbonyl (C=O) groups is 2. The smallest absolute Gasteiger partial charge is 0.395 e. The molecule has 1 saturated heterocycles. The van der Waals surface area contributed by atoms with E-state index in [1.807, 2.05) is 0 Å². The third kappa shape index (κ3) is 6.50. The van der Waals surface area contributed by atoms with E-state index in [0.717, 1.165) is 0 Å². The number of ether oxygens (including phenoxy) is 3. The van der Waals surface area contributed by atoms with Gasteiger partial charge in [0.15, 0.2) is 11.8 Å². The number of nitrogen functional groups attached to an aromatic ring is 1. The van der Waals surface area contributed by atoms with Gasteiger partial charge in [-0.25, -0.2) is 9.59 Å². The molecule has 0 radical (unpaired) electrons. The number of rotatable bonds is 9. The van der Waals surface area contributed by atoms with Crippen LogP contribution < -0.4 is 25.6 Å². The van der Waals surface area contributed by atoms with Crippen molar-refractivity contribution in [1.29, 1.82) is 0 Å². The summed E-state index contributed by atoms with van der Waals surface area (Å²) >= 11 is 0. The minimum atomic E-state index is -2.67. The highest BCUT2D eigenvalue weighted by atomic mass is 31.1. The Hall–Kier alpha value is -3.54. The molecule has 182 valence electrons. The highest BCUT2D eigenvalue weighted by Crippen LogP contribution is 2.35. The van der Waals surface area contributed by atoms with E-state index in [9.17, 15) is 19.3 Å². The molecule has 2 unspecified atom stereocenters. The number of hydrogen-bond acceptors (Lipinski definition) is 11. The number of aliphatic carboxylic acids is 1. The Bertz CT molecular complexity index is 1140. The van der Waals surface area contributed by atoms with Crippen molar-refractivity contribution in [3.8, 4) is 11.5 Å². The van der Waals surface area contributed by atoms with Crippen LogP contribution in [-0.4, -0.2) is 51.5 Å².